The second-order valence-electron chi connectivity index (χ2n) is 4.22. The van der Waals surface area contributed by atoms with Gasteiger partial charge in [-0.25, -0.2) is 0 Å². The molecule has 94 valence electrons. The molecule has 0 spiro atoms. The quantitative estimate of drug-likeness (QED) is 0.858. The van der Waals surface area contributed by atoms with Crippen molar-refractivity contribution in [3.05, 3.63) is 45.8 Å². The molecule has 0 amide bonds. The van der Waals surface area contributed by atoms with Gasteiger partial charge < -0.3 is 15.3 Å². The first-order valence-electron chi connectivity index (χ1n) is 5.48. The Morgan fingerprint density at radius 1 is 1.50 bits per heavy atom. The van der Waals surface area contributed by atoms with Gasteiger partial charge >= 0.3 is 5.97 Å². The normalized spacial score (nSPS) is 12.6. The maximum absolute atomic E-state index is 12.2. The lowest BCUT2D eigenvalue weighted by molar-refractivity contribution is -0.137. The fourth-order valence-corrected chi connectivity index (χ4v) is 1.81. The summed E-state index contributed by atoms with van der Waals surface area (Å²) < 4.78 is 5.31. The van der Waals surface area contributed by atoms with E-state index in [1.807, 2.05) is 13.0 Å². The molecule has 0 saturated heterocycles. The van der Waals surface area contributed by atoms with E-state index >= 15 is 0 Å². The van der Waals surface area contributed by atoms with Crippen LogP contribution < -0.4 is 11.2 Å². The van der Waals surface area contributed by atoms with Gasteiger partial charge in [0.05, 0.1) is 23.6 Å². The summed E-state index contributed by atoms with van der Waals surface area (Å²) in [6.45, 7) is 1.86. The summed E-state index contributed by atoms with van der Waals surface area (Å²) in [5, 5.41) is 9.11. The number of nitrogens with two attached hydrogens (primary N) is 1. The third-order valence-electron chi connectivity index (χ3n) is 2.75. The van der Waals surface area contributed by atoms with Crippen molar-refractivity contribution in [3.8, 4) is 0 Å². The first kappa shape index (κ1) is 12.3. The SMILES string of the molecule is Cc1ccc2occ(C(N)CC(=O)O)c(=O)c2c1. The molecule has 0 fully saturated rings. The van der Waals surface area contributed by atoms with Gasteiger partial charge in [-0.3, -0.25) is 9.59 Å². The Morgan fingerprint density at radius 3 is 2.89 bits per heavy atom. The van der Waals surface area contributed by atoms with Gasteiger partial charge in [-0.15, -0.1) is 0 Å². The molecule has 1 heterocycles. The maximum atomic E-state index is 12.2. The summed E-state index contributed by atoms with van der Waals surface area (Å²) in [4.78, 5) is 22.8. The fraction of sp³-hybridized carbons (Fsp3) is 0.231. The van der Waals surface area contributed by atoms with Crippen LogP contribution in [0.3, 0.4) is 0 Å². The van der Waals surface area contributed by atoms with Crippen LogP contribution >= 0.6 is 0 Å². The third kappa shape index (κ3) is 2.26. The Morgan fingerprint density at radius 2 is 2.22 bits per heavy atom. The first-order valence-corrected chi connectivity index (χ1v) is 5.48. The lowest BCUT2D eigenvalue weighted by atomic mass is 10.0. The Kier molecular flexibility index (Phi) is 3.16. The molecule has 5 nitrogen and oxygen atoms in total. The number of carboxylic acids is 1. The molecule has 1 unspecified atom stereocenters. The molecule has 0 aliphatic rings. The van der Waals surface area contributed by atoms with Crippen LogP contribution in [0, 0.1) is 6.92 Å². The molecule has 1 aromatic carbocycles. The van der Waals surface area contributed by atoms with Crippen LogP contribution in [0.1, 0.15) is 23.6 Å². The minimum atomic E-state index is -1.05. The highest BCUT2D eigenvalue weighted by molar-refractivity contribution is 5.78. The van der Waals surface area contributed by atoms with Crippen molar-refractivity contribution in [3.63, 3.8) is 0 Å². The van der Waals surface area contributed by atoms with Crippen LogP contribution in [-0.4, -0.2) is 11.1 Å². The smallest absolute Gasteiger partial charge is 0.305 e. The summed E-state index contributed by atoms with van der Waals surface area (Å²) in [6.07, 6.45) is 0.940. The van der Waals surface area contributed by atoms with Crippen LogP contribution in [0.15, 0.2) is 33.7 Å². The predicted molar refractivity (Wildman–Crippen MR) is 66.4 cm³/mol. The van der Waals surface area contributed by atoms with E-state index in [4.69, 9.17) is 15.3 Å². The molecule has 0 saturated carbocycles. The molecule has 0 radical (unpaired) electrons. The zero-order valence-electron chi connectivity index (χ0n) is 9.84. The highest BCUT2D eigenvalue weighted by Crippen LogP contribution is 2.17. The number of rotatable bonds is 3. The van der Waals surface area contributed by atoms with Crippen molar-refractivity contribution < 1.29 is 14.3 Å². The van der Waals surface area contributed by atoms with Gasteiger partial charge in [0.1, 0.15) is 5.58 Å². The average molecular weight is 247 g/mol. The van der Waals surface area contributed by atoms with Crippen LogP contribution in [0.4, 0.5) is 0 Å². The van der Waals surface area contributed by atoms with Crippen molar-refractivity contribution in [2.24, 2.45) is 5.73 Å². The Hall–Kier alpha value is -2.14. The lowest BCUT2D eigenvalue weighted by Crippen LogP contribution is -2.22. The summed E-state index contributed by atoms with van der Waals surface area (Å²) in [7, 11) is 0. The lowest BCUT2D eigenvalue weighted by Gasteiger charge is -2.08. The Balaban J connectivity index is 2.57. The van der Waals surface area contributed by atoms with Crippen molar-refractivity contribution in [1.82, 2.24) is 0 Å². The van der Waals surface area contributed by atoms with Gasteiger partial charge in [0.25, 0.3) is 0 Å². The second-order valence-corrected chi connectivity index (χ2v) is 4.22. The molecule has 0 aliphatic heterocycles. The molecule has 3 N–H and O–H groups in total. The van der Waals surface area contributed by atoms with Crippen LogP contribution in [-0.2, 0) is 4.79 Å². The van der Waals surface area contributed by atoms with Gasteiger partial charge in [-0.05, 0) is 19.1 Å². The standard InChI is InChI=1S/C13H13NO4/c1-7-2-3-11-8(4-7)13(17)9(6-18-11)10(14)5-12(15)16/h2-4,6,10H,5,14H2,1H3,(H,15,16). The number of carboxylic acid groups (broad SMARTS) is 1. The van der Waals surface area contributed by atoms with E-state index in [0.717, 1.165) is 5.56 Å². The second kappa shape index (κ2) is 4.62. The largest absolute Gasteiger partial charge is 0.481 e. The Bertz CT molecular complexity index is 660. The van der Waals surface area contributed by atoms with E-state index in [1.54, 1.807) is 12.1 Å². The van der Waals surface area contributed by atoms with E-state index in [9.17, 15) is 9.59 Å². The molecule has 2 rings (SSSR count). The van der Waals surface area contributed by atoms with Crippen molar-refractivity contribution in [1.29, 1.82) is 0 Å². The fourth-order valence-electron chi connectivity index (χ4n) is 1.81. The monoisotopic (exact) mass is 247 g/mol. The Labute approximate surface area is 103 Å². The van der Waals surface area contributed by atoms with Gasteiger partial charge in [0.2, 0.25) is 0 Å². The molecular weight excluding hydrogens is 234 g/mol. The molecular formula is C13H13NO4. The number of aryl methyl sites for hydroxylation is 1. The molecule has 0 bridgehead atoms. The molecule has 18 heavy (non-hydrogen) atoms. The van der Waals surface area contributed by atoms with Crippen LogP contribution in [0.5, 0.6) is 0 Å². The molecule has 2 aromatic rings. The third-order valence-corrected chi connectivity index (χ3v) is 2.75. The number of hydrogen-bond acceptors (Lipinski definition) is 4. The predicted octanol–water partition coefficient (Wildman–Crippen LogP) is 1.58. The van der Waals surface area contributed by atoms with Crippen molar-refractivity contribution >= 4 is 16.9 Å². The summed E-state index contributed by atoms with van der Waals surface area (Å²) >= 11 is 0. The highest BCUT2D eigenvalue weighted by atomic mass is 16.4. The van der Waals surface area contributed by atoms with E-state index < -0.39 is 12.0 Å². The summed E-state index contributed by atoms with van der Waals surface area (Å²) in [5.74, 6) is -1.05. The minimum Gasteiger partial charge on any atom is -0.481 e. The van der Waals surface area contributed by atoms with Crippen molar-refractivity contribution in [2.45, 2.75) is 19.4 Å². The number of hydrogen-bond donors (Lipinski definition) is 2. The molecule has 1 aromatic heterocycles. The number of benzene rings is 1. The van der Waals surface area contributed by atoms with E-state index in [0.29, 0.717) is 11.0 Å². The number of aliphatic carboxylic acids is 1. The van der Waals surface area contributed by atoms with Gasteiger partial charge in [0.15, 0.2) is 5.43 Å². The molecule has 0 aliphatic carbocycles. The minimum absolute atomic E-state index is 0.190. The van der Waals surface area contributed by atoms with Crippen LogP contribution in [0.2, 0.25) is 0 Å². The van der Waals surface area contributed by atoms with Gasteiger partial charge in [-0.1, -0.05) is 11.6 Å². The average Bonchev–Trinajstić information content (AvgIpc) is 2.29. The first-order chi connectivity index (χ1) is 8.49. The zero-order chi connectivity index (χ0) is 13.3. The van der Waals surface area contributed by atoms with Crippen molar-refractivity contribution in [2.75, 3.05) is 0 Å². The van der Waals surface area contributed by atoms with E-state index in [-0.39, 0.29) is 17.4 Å². The number of fused-ring (bicyclic) bond motifs is 1. The molecule has 1 atom stereocenters. The van der Waals surface area contributed by atoms with E-state index in [1.165, 1.54) is 6.26 Å². The topological polar surface area (TPSA) is 93.5 Å². The van der Waals surface area contributed by atoms with Crippen LogP contribution in [0.25, 0.3) is 11.0 Å². The maximum Gasteiger partial charge on any atom is 0.305 e. The summed E-state index contributed by atoms with van der Waals surface area (Å²) in [5.41, 5.74) is 7.00. The van der Waals surface area contributed by atoms with Gasteiger partial charge in [-0.2, -0.15) is 0 Å². The zero-order valence-corrected chi connectivity index (χ0v) is 9.84. The van der Waals surface area contributed by atoms with Gasteiger partial charge in [0, 0.05) is 6.04 Å². The molecule has 5 heteroatoms. The van der Waals surface area contributed by atoms with E-state index in [2.05, 4.69) is 0 Å². The summed E-state index contributed by atoms with van der Waals surface area (Å²) in [6, 6.07) is 4.39. The number of carbonyl (C=O) groups is 1. The highest BCUT2D eigenvalue weighted by Gasteiger charge is 2.16.